The maximum absolute atomic E-state index is 13.1. The lowest BCUT2D eigenvalue weighted by atomic mass is 9.99. The van der Waals surface area contributed by atoms with Crippen LogP contribution in [0.25, 0.3) is 0 Å². The highest BCUT2D eigenvalue weighted by Gasteiger charge is 2.10. The van der Waals surface area contributed by atoms with Gasteiger partial charge in [-0.2, -0.15) is 0 Å². The van der Waals surface area contributed by atoms with Crippen LogP contribution >= 0.6 is 0 Å². The maximum Gasteiger partial charge on any atom is 0.123 e. The van der Waals surface area contributed by atoms with Crippen LogP contribution in [0.2, 0.25) is 0 Å². The van der Waals surface area contributed by atoms with E-state index in [1.807, 2.05) is 36.4 Å². The second-order valence-electron chi connectivity index (χ2n) is 3.96. The molecule has 0 spiro atoms. The van der Waals surface area contributed by atoms with Crippen molar-refractivity contribution in [1.29, 1.82) is 0 Å². The molecule has 0 aliphatic heterocycles. The van der Waals surface area contributed by atoms with Gasteiger partial charge in [0.2, 0.25) is 0 Å². The predicted molar refractivity (Wildman–Crippen MR) is 66.6 cm³/mol. The first-order chi connectivity index (χ1) is 8.29. The number of rotatable bonds is 4. The van der Waals surface area contributed by atoms with Crippen LogP contribution in [0.15, 0.2) is 54.6 Å². The largest absolute Gasteiger partial charge is 0.271 e. The Balaban J connectivity index is 2.17. The summed E-state index contributed by atoms with van der Waals surface area (Å²) in [6, 6.07) is 16.4. The highest BCUT2D eigenvalue weighted by molar-refractivity contribution is 5.24. The zero-order valence-corrected chi connectivity index (χ0v) is 9.44. The van der Waals surface area contributed by atoms with Crippen molar-refractivity contribution in [3.63, 3.8) is 0 Å². The lowest BCUT2D eigenvalue weighted by Crippen LogP contribution is -2.29. The Labute approximate surface area is 100 Å². The normalized spacial score (nSPS) is 12.4. The van der Waals surface area contributed by atoms with Crippen molar-refractivity contribution in [2.24, 2.45) is 5.84 Å². The quantitative estimate of drug-likeness (QED) is 0.626. The third-order valence-corrected chi connectivity index (χ3v) is 2.73. The van der Waals surface area contributed by atoms with Gasteiger partial charge in [-0.15, -0.1) is 0 Å². The van der Waals surface area contributed by atoms with Crippen molar-refractivity contribution in [1.82, 2.24) is 5.43 Å². The van der Waals surface area contributed by atoms with Crippen molar-refractivity contribution < 1.29 is 4.39 Å². The van der Waals surface area contributed by atoms with E-state index in [9.17, 15) is 4.39 Å². The first-order valence-corrected chi connectivity index (χ1v) is 5.55. The molecule has 0 bridgehead atoms. The van der Waals surface area contributed by atoms with Gasteiger partial charge in [-0.1, -0.05) is 42.5 Å². The predicted octanol–water partition coefficient (Wildman–Crippen LogP) is 2.57. The van der Waals surface area contributed by atoms with Crippen LogP contribution < -0.4 is 11.3 Å². The molecule has 0 aromatic heterocycles. The Morgan fingerprint density at radius 2 is 1.82 bits per heavy atom. The maximum atomic E-state index is 13.1. The molecule has 0 saturated carbocycles. The Morgan fingerprint density at radius 3 is 2.47 bits per heavy atom. The smallest absolute Gasteiger partial charge is 0.123 e. The summed E-state index contributed by atoms with van der Waals surface area (Å²) in [5.41, 5.74) is 4.75. The fourth-order valence-electron chi connectivity index (χ4n) is 1.85. The van der Waals surface area contributed by atoms with Crippen LogP contribution in [0.1, 0.15) is 17.2 Å². The van der Waals surface area contributed by atoms with E-state index in [4.69, 9.17) is 5.84 Å². The summed E-state index contributed by atoms with van der Waals surface area (Å²) in [5.74, 6) is 5.29. The second-order valence-corrected chi connectivity index (χ2v) is 3.96. The lowest BCUT2D eigenvalue weighted by molar-refractivity contribution is 0.544. The summed E-state index contributed by atoms with van der Waals surface area (Å²) < 4.78 is 13.1. The highest BCUT2D eigenvalue weighted by Crippen LogP contribution is 2.18. The molecule has 0 heterocycles. The Bertz CT molecular complexity index is 471. The van der Waals surface area contributed by atoms with Gasteiger partial charge in [-0.05, 0) is 29.7 Å². The van der Waals surface area contributed by atoms with Gasteiger partial charge in [0, 0.05) is 0 Å². The van der Waals surface area contributed by atoms with Crippen LogP contribution in [-0.2, 0) is 6.42 Å². The first-order valence-electron chi connectivity index (χ1n) is 5.55. The Kier molecular flexibility index (Phi) is 3.85. The molecule has 3 N–H and O–H groups in total. The molecule has 17 heavy (non-hydrogen) atoms. The van der Waals surface area contributed by atoms with Crippen LogP contribution in [0.3, 0.4) is 0 Å². The molecule has 2 aromatic carbocycles. The molecule has 0 aliphatic rings. The lowest BCUT2D eigenvalue weighted by Gasteiger charge is -2.16. The minimum Gasteiger partial charge on any atom is -0.271 e. The third-order valence-electron chi connectivity index (χ3n) is 2.73. The minimum absolute atomic E-state index is 0.0758. The summed E-state index contributed by atoms with van der Waals surface area (Å²) in [7, 11) is 0. The van der Waals surface area contributed by atoms with E-state index in [1.54, 1.807) is 6.07 Å². The number of hydrogen-bond acceptors (Lipinski definition) is 2. The van der Waals surface area contributed by atoms with E-state index >= 15 is 0 Å². The van der Waals surface area contributed by atoms with E-state index in [1.165, 1.54) is 17.7 Å². The van der Waals surface area contributed by atoms with Crippen molar-refractivity contribution >= 4 is 0 Å². The van der Waals surface area contributed by atoms with Crippen molar-refractivity contribution in [3.8, 4) is 0 Å². The van der Waals surface area contributed by atoms with Gasteiger partial charge >= 0.3 is 0 Å². The average molecular weight is 230 g/mol. The second kappa shape index (κ2) is 5.57. The van der Waals surface area contributed by atoms with Crippen molar-refractivity contribution in [2.45, 2.75) is 12.5 Å². The molecule has 0 fully saturated rings. The molecule has 1 atom stereocenters. The standard InChI is InChI=1S/C14H15FN2/c15-13-8-4-7-12(10-13)14(17-16)9-11-5-2-1-3-6-11/h1-8,10,14,17H,9,16H2. The zero-order chi connectivity index (χ0) is 12.1. The minimum atomic E-state index is -0.240. The van der Waals surface area contributed by atoms with Crippen molar-refractivity contribution in [3.05, 3.63) is 71.5 Å². The molecule has 3 heteroatoms. The summed E-state index contributed by atoms with van der Waals surface area (Å²) in [6.07, 6.45) is 0.737. The van der Waals surface area contributed by atoms with Gasteiger partial charge in [-0.25, -0.2) is 4.39 Å². The number of benzene rings is 2. The van der Waals surface area contributed by atoms with Gasteiger partial charge < -0.3 is 0 Å². The zero-order valence-electron chi connectivity index (χ0n) is 9.44. The molecule has 88 valence electrons. The summed E-state index contributed by atoms with van der Waals surface area (Å²) in [5, 5.41) is 0. The fraction of sp³-hybridized carbons (Fsp3) is 0.143. The molecule has 0 radical (unpaired) electrons. The number of halogens is 1. The van der Waals surface area contributed by atoms with Gasteiger partial charge in [0.1, 0.15) is 5.82 Å². The monoisotopic (exact) mass is 230 g/mol. The number of hydrazine groups is 1. The number of hydrogen-bond donors (Lipinski definition) is 2. The molecule has 2 nitrogen and oxygen atoms in total. The van der Waals surface area contributed by atoms with E-state index in [2.05, 4.69) is 5.43 Å². The number of nitrogens with two attached hydrogens (primary N) is 1. The Morgan fingerprint density at radius 1 is 1.06 bits per heavy atom. The fourth-order valence-corrected chi connectivity index (χ4v) is 1.85. The van der Waals surface area contributed by atoms with E-state index in [0.717, 1.165) is 12.0 Å². The highest BCUT2D eigenvalue weighted by atomic mass is 19.1. The molecular weight excluding hydrogens is 215 g/mol. The van der Waals surface area contributed by atoms with E-state index < -0.39 is 0 Å². The summed E-state index contributed by atoms with van der Waals surface area (Å²) in [4.78, 5) is 0. The summed E-state index contributed by atoms with van der Waals surface area (Å²) in [6.45, 7) is 0. The van der Waals surface area contributed by atoms with Crippen LogP contribution in [0, 0.1) is 5.82 Å². The SMILES string of the molecule is NNC(Cc1ccccc1)c1cccc(F)c1. The van der Waals surface area contributed by atoms with Gasteiger partial charge in [-0.3, -0.25) is 11.3 Å². The van der Waals surface area contributed by atoms with E-state index in [-0.39, 0.29) is 11.9 Å². The third kappa shape index (κ3) is 3.12. The average Bonchev–Trinajstić information content (AvgIpc) is 2.37. The molecular formula is C14H15FN2. The van der Waals surface area contributed by atoms with Gasteiger partial charge in [0.25, 0.3) is 0 Å². The van der Waals surface area contributed by atoms with E-state index in [0.29, 0.717) is 0 Å². The molecule has 2 aromatic rings. The number of nitrogens with one attached hydrogen (secondary N) is 1. The van der Waals surface area contributed by atoms with Gasteiger partial charge in [0.15, 0.2) is 0 Å². The molecule has 0 amide bonds. The molecule has 0 aliphatic carbocycles. The molecule has 1 unspecified atom stereocenters. The van der Waals surface area contributed by atoms with Crippen LogP contribution in [0.4, 0.5) is 4.39 Å². The molecule has 0 saturated heterocycles. The topological polar surface area (TPSA) is 38.0 Å². The Hall–Kier alpha value is -1.71. The van der Waals surface area contributed by atoms with Crippen LogP contribution in [0.5, 0.6) is 0 Å². The summed E-state index contributed by atoms with van der Waals surface area (Å²) >= 11 is 0. The van der Waals surface area contributed by atoms with Gasteiger partial charge in [0.05, 0.1) is 6.04 Å². The van der Waals surface area contributed by atoms with Crippen molar-refractivity contribution in [2.75, 3.05) is 0 Å². The molecule has 2 rings (SSSR count). The van der Waals surface area contributed by atoms with Crippen LogP contribution in [-0.4, -0.2) is 0 Å². The first kappa shape index (κ1) is 11.8.